The van der Waals surface area contributed by atoms with Crippen molar-refractivity contribution in [2.75, 3.05) is 22.6 Å². The molecule has 4 nitrogen and oxygen atoms in total. The molecule has 1 atom stereocenters. The molecule has 2 aromatic rings. The van der Waals surface area contributed by atoms with Crippen LogP contribution in [0.25, 0.3) is 10.9 Å². The monoisotopic (exact) mass is 262 g/mol. The minimum Gasteiger partial charge on any atom is -0.368 e. The van der Waals surface area contributed by atoms with Gasteiger partial charge in [0.15, 0.2) is 0 Å². The van der Waals surface area contributed by atoms with Gasteiger partial charge in [-0.1, -0.05) is 19.1 Å². The summed E-state index contributed by atoms with van der Waals surface area (Å²) in [5, 5.41) is 4.42. The molecule has 0 bridgehead atoms. The molecule has 18 heavy (non-hydrogen) atoms. The molecule has 1 aromatic carbocycles. The predicted molar refractivity (Wildman–Crippen MR) is 80.0 cm³/mol. The predicted octanol–water partition coefficient (Wildman–Crippen LogP) is 2.77. The molecule has 1 heterocycles. The van der Waals surface area contributed by atoms with Gasteiger partial charge >= 0.3 is 0 Å². The fraction of sp³-hybridized carbons (Fsp3) is 0.385. The van der Waals surface area contributed by atoms with Crippen molar-refractivity contribution in [3.05, 3.63) is 24.3 Å². The number of rotatable bonds is 5. The molecule has 0 spiro atoms. The van der Waals surface area contributed by atoms with Crippen molar-refractivity contribution in [2.45, 2.75) is 19.9 Å². The van der Waals surface area contributed by atoms with E-state index in [-0.39, 0.29) is 0 Å². The fourth-order valence-corrected chi connectivity index (χ4v) is 2.45. The Bertz CT molecular complexity index is 529. The normalized spacial score (nSPS) is 12.6. The number of benzene rings is 1. The van der Waals surface area contributed by atoms with Crippen molar-refractivity contribution in [1.82, 2.24) is 9.97 Å². The Morgan fingerprint density at radius 2 is 2.11 bits per heavy atom. The van der Waals surface area contributed by atoms with E-state index in [4.69, 9.17) is 5.73 Å². The molecule has 0 saturated heterocycles. The van der Waals surface area contributed by atoms with E-state index in [0.717, 1.165) is 28.2 Å². The zero-order chi connectivity index (χ0) is 13.0. The molecule has 1 aromatic heterocycles. The summed E-state index contributed by atoms with van der Waals surface area (Å²) in [6.07, 6.45) is 0. The third-order valence-corrected chi connectivity index (χ3v) is 3.72. The van der Waals surface area contributed by atoms with Gasteiger partial charge in [0, 0.05) is 17.2 Å². The van der Waals surface area contributed by atoms with Gasteiger partial charge in [0.25, 0.3) is 0 Å². The third kappa shape index (κ3) is 3.04. The highest BCUT2D eigenvalue weighted by Gasteiger charge is 2.08. The standard InChI is InChI=1S/C13H18N4S/c1-3-18-8-9(2)15-12-10-6-4-5-7-11(10)16-13(14)17-12/h4-7,9H,3,8H2,1-2H3,(H3,14,15,16,17). The molecule has 1 unspecified atom stereocenters. The van der Waals surface area contributed by atoms with Gasteiger partial charge in [-0.15, -0.1) is 0 Å². The van der Waals surface area contributed by atoms with E-state index in [2.05, 4.69) is 29.1 Å². The highest BCUT2D eigenvalue weighted by atomic mass is 32.2. The van der Waals surface area contributed by atoms with Crippen LogP contribution in [0.5, 0.6) is 0 Å². The fourth-order valence-electron chi connectivity index (χ4n) is 1.77. The first-order valence-corrected chi connectivity index (χ1v) is 7.22. The highest BCUT2D eigenvalue weighted by Crippen LogP contribution is 2.21. The van der Waals surface area contributed by atoms with E-state index < -0.39 is 0 Å². The van der Waals surface area contributed by atoms with Crippen molar-refractivity contribution in [1.29, 1.82) is 0 Å². The lowest BCUT2D eigenvalue weighted by Crippen LogP contribution is -2.19. The first-order valence-electron chi connectivity index (χ1n) is 6.07. The number of aromatic nitrogens is 2. The Morgan fingerprint density at radius 3 is 2.89 bits per heavy atom. The average molecular weight is 262 g/mol. The minimum atomic E-state index is 0.312. The molecule has 2 rings (SSSR count). The zero-order valence-electron chi connectivity index (χ0n) is 10.7. The number of nitrogen functional groups attached to an aromatic ring is 1. The summed E-state index contributed by atoms with van der Waals surface area (Å²) in [5.74, 6) is 3.31. The average Bonchev–Trinajstić information content (AvgIpc) is 2.36. The molecule has 0 fully saturated rings. The van der Waals surface area contributed by atoms with E-state index in [9.17, 15) is 0 Å². The van der Waals surface area contributed by atoms with Crippen molar-refractivity contribution >= 4 is 34.4 Å². The van der Waals surface area contributed by atoms with Crippen LogP contribution < -0.4 is 11.1 Å². The lowest BCUT2D eigenvalue weighted by atomic mass is 10.2. The summed E-state index contributed by atoms with van der Waals surface area (Å²) in [6.45, 7) is 4.31. The van der Waals surface area contributed by atoms with Crippen LogP contribution in [0.2, 0.25) is 0 Å². The second-order valence-corrected chi connectivity index (χ2v) is 5.47. The third-order valence-electron chi connectivity index (χ3n) is 2.58. The van der Waals surface area contributed by atoms with E-state index in [1.54, 1.807) is 0 Å². The zero-order valence-corrected chi connectivity index (χ0v) is 11.5. The van der Waals surface area contributed by atoms with Crippen LogP contribution in [-0.2, 0) is 0 Å². The van der Waals surface area contributed by atoms with Crippen molar-refractivity contribution in [2.24, 2.45) is 0 Å². The smallest absolute Gasteiger partial charge is 0.222 e. The van der Waals surface area contributed by atoms with Crippen LogP contribution in [-0.4, -0.2) is 27.5 Å². The van der Waals surface area contributed by atoms with Crippen LogP contribution in [0, 0.1) is 0 Å². The van der Waals surface area contributed by atoms with Gasteiger partial charge in [-0.25, -0.2) is 4.98 Å². The number of fused-ring (bicyclic) bond motifs is 1. The van der Waals surface area contributed by atoms with Crippen LogP contribution in [0.1, 0.15) is 13.8 Å². The molecular weight excluding hydrogens is 244 g/mol. The topological polar surface area (TPSA) is 63.8 Å². The van der Waals surface area contributed by atoms with E-state index in [1.165, 1.54) is 0 Å². The second kappa shape index (κ2) is 5.91. The number of anilines is 2. The molecule has 0 aliphatic heterocycles. The Kier molecular flexibility index (Phi) is 4.25. The van der Waals surface area contributed by atoms with Gasteiger partial charge in [-0.05, 0) is 24.8 Å². The summed E-state index contributed by atoms with van der Waals surface area (Å²) in [5.41, 5.74) is 6.61. The first-order chi connectivity index (χ1) is 8.70. The maximum atomic E-state index is 5.73. The molecule has 3 N–H and O–H groups in total. The number of nitrogens with two attached hydrogens (primary N) is 1. The molecule has 0 radical (unpaired) electrons. The lowest BCUT2D eigenvalue weighted by Gasteiger charge is -2.15. The number of nitrogens with zero attached hydrogens (tertiary/aromatic N) is 2. The van der Waals surface area contributed by atoms with Gasteiger partial charge in [-0.3, -0.25) is 0 Å². The summed E-state index contributed by atoms with van der Waals surface area (Å²) >= 11 is 1.91. The van der Waals surface area contributed by atoms with E-state index in [0.29, 0.717) is 12.0 Å². The van der Waals surface area contributed by atoms with Crippen LogP contribution in [0.4, 0.5) is 11.8 Å². The van der Waals surface area contributed by atoms with Crippen LogP contribution in [0.3, 0.4) is 0 Å². The second-order valence-electron chi connectivity index (χ2n) is 4.15. The molecule has 0 aliphatic carbocycles. The first kappa shape index (κ1) is 13.0. The number of nitrogens with one attached hydrogen (secondary N) is 1. The number of thioether (sulfide) groups is 1. The number of hydrogen-bond donors (Lipinski definition) is 2. The largest absolute Gasteiger partial charge is 0.368 e. The Hall–Kier alpha value is -1.49. The number of para-hydroxylation sites is 1. The van der Waals surface area contributed by atoms with E-state index >= 15 is 0 Å². The molecule has 5 heteroatoms. The van der Waals surface area contributed by atoms with Gasteiger partial charge < -0.3 is 11.1 Å². The summed E-state index contributed by atoms with van der Waals surface area (Å²) in [4.78, 5) is 8.52. The van der Waals surface area contributed by atoms with Gasteiger partial charge in [0.05, 0.1) is 5.52 Å². The lowest BCUT2D eigenvalue weighted by molar-refractivity contribution is 0.904. The molecule has 0 saturated carbocycles. The Balaban J connectivity index is 2.26. The summed E-state index contributed by atoms with van der Waals surface area (Å²) in [7, 11) is 0. The molecular formula is C13H18N4S. The van der Waals surface area contributed by atoms with Crippen molar-refractivity contribution < 1.29 is 0 Å². The summed E-state index contributed by atoms with van der Waals surface area (Å²) in [6, 6.07) is 8.25. The Morgan fingerprint density at radius 1 is 1.33 bits per heavy atom. The van der Waals surface area contributed by atoms with Crippen LogP contribution in [0.15, 0.2) is 24.3 Å². The molecule has 0 aliphatic rings. The van der Waals surface area contributed by atoms with Crippen molar-refractivity contribution in [3.8, 4) is 0 Å². The summed E-state index contributed by atoms with van der Waals surface area (Å²) < 4.78 is 0. The van der Waals surface area contributed by atoms with E-state index in [1.807, 2.05) is 36.0 Å². The Labute approximate surface area is 111 Å². The maximum absolute atomic E-state index is 5.73. The van der Waals surface area contributed by atoms with Gasteiger partial charge in [0.1, 0.15) is 5.82 Å². The van der Waals surface area contributed by atoms with Crippen LogP contribution >= 0.6 is 11.8 Å². The number of hydrogen-bond acceptors (Lipinski definition) is 5. The maximum Gasteiger partial charge on any atom is 0.222 e. The van der Waals surface area contributed by atoms with Gasteiger partial charge in [0.2, 0.25) is 5.95 Å². The SMILES string of the molecule is CCSCC(C)Nc1nc(N)nc2ccccc12. The van der Waals surface area contributed by atoms with Gasteiger partial charge in [-0.2, -0.15) is 16.7 Å². The quantitative estimate of drug-likeness (QED) is 0.867. The van der Waals surface area contributed by atoms with Crippen molar-refractivity contribution in [3.63, 3.8) is 0 Å². The molecule has 96 valence electrons. The molecule has 0 amide bonds. The highest BCUT2D eigenvalue weighted by molar-refractivity contribution is 7.99. The minimum absolute atomic E-state index is 0.312.